The summed E-state index contributed by atoms with van der Waals surface area (Å²) in [5, 5.41) is 3.22. The number of fused-ring (bicyclic) bond motifs is 2. The highest BCUT2D eigenvalue weighted by molar-refractivity contribution is 5.75. The fourth-order valence-corrected chi connectivity index (χ4v) is 2.58. The van der Waals surface area contributed by atoms with E-state index < -0.39 is 5.41 Å². The van der Waals surface area contributed by atoms with Crippen LogP contribution in [0.4, 0.5) is 20.2 Å². The summed E-state index contributed by atoms with van der Waals surface area (Å²) in [5.41, 5.74) is 3.03. The summed E-state index contributed by atoms with van der Waals surface area (Å²) in [5.74, 6) is -0.549. The molecular weight excluding hydrogens is 232 g/mol. The highest BCUT2D eigenvalue weighted by atomic mass is 19.1. The van der Waals surface area contributed by atoms with Crippen molar-refractivity contribution in [3.8, 4) is 0 Å². The van der Waals surface area contributed by atoms with Gasteiger partial charge in [-0.1, -0.05) is 13.8 Å². The Kier molecular flexibility index (Phi) is 2.21. The third-order valence-corrected chi connectivity index (χ3v) is 3.58. The van der Waals surface area contributed by atoms with Crippen LogP contribution < -0.4 is 5.32 Å². The molecule has 0 radical (unpaired) electrons. The topological polar surface area (TPSA) is 12.0 Å². The van der Waals surface area contributed by atoms with Gasteiger partial charge in [-0.3, -0.25) is 0 Å². The van der Waals surface area contributed by atoms with Crippen molar-refractivity contribution in [1.29, 1.82) is 0 Å². The first-order chi connectivity index (χ1) is 8.48. The second-order valence-corrected chi connectivity index (χ2v) is 5.13. The Hall–Kier alpha value is -1.90. The fraction of sp³-hybridized carbons (Fsp3) is 0.200. The maximum atomic E-state index is 13.4. The number of anilines is 2. The highest BCUT2D eigenvalue weighted by Crippen LogP contribution is 2.45. The first kappa shape index (κ1) is 11.2. The molecule has 0 bridgehead atoms. The Labute approximate surface area is 104 Å². The van der Waals surface area contributed by atoms with Crippen LogP contribution in [0.2, 0.25) is 0 Å². The first-order valence-electron chi connectivity index (χ1n) is 5.85. The van der Waals surface area contributed by atoms with Gasteiger partial charge >= 0.3 is 0 Å². The smallest absolute Gasteiger partial charge is 0.123 e. The Balaban J connectivity index is 2.27. The van der Waals surface area contributed by atoms with E-state index in [9.17, 15) is 8.78 Å². The largest absolute Gasteiger partial charge is 0.355 e. The van der Waals surface area contributed by atoms with Gasteiger partial charge in [0.2, 0.25) is 0 Å². The van der Waals surface area contributed by atoms with Gasteiger partial charge in [-0.25, -0.2) is 8.78 Å². The molecule has 0 fully saturated rings. The van der Waals surface area contributed by atoms with E-state index in [1.165, 1.54) is 24.3 Å². The van der Waals surface area contributed by atoms with E-state index in [4.69, 9.17) is 0 Å². The molecule has 2 aromatic rings. The van der Waals surface area contributed by atoms with Gasteiger partial charge in [0.1, 0.15) is 11.6 Å². The van der Waals surface area contributed by atoms with Gasteiger partial charge < -0.3 is 5.32 Å². The molecular formula is C15H13F2N. The lowest BCUT2D eigenvalue weighted by Gasteiger charge is -2.35. The number of hydrogen-bond donors (Lipinski definition) is 1. The molecule has 18 heavy (non-hydrogen) atoms. The molecule has 0 amide bonds. The highest BCUT2D eigenvalue weighted by Gasteiger charge is 2.33. The number of hydrogen-bond acceptors (Lipinski definition) is 1. The molecule has 1 nitrogen and oxygen atoms in total. The van der Waals surface area contributed by atoms with Crippen LogP contribution >= 0.6 is 0 Å². The fourth-order valence-electron chi connectivity index (χ4n) is 2.58. The van der Waals surface area contributed by atoms with Crippen molar-refractivity contribution in [2.45, 2.75) is 19.3 Å². The number of halogens is 2. The second-order valence-electron chi connectivity index (χ2n) is 5.13. The zero-order chi connectivity index (χ0) is 12.9. The molecule has 0 saturated heterocycles. The Morgan fingerprint density at radius 2 is 1.28 bits per heavy atom. The molecule has 0 aliphatic carbocycles. The molecule has 1 N–H and O–H groups in total. The zero-order valence-electron chi connectivity index (χ0n) is 10.2. The molecule has 0 atom stereocenters. The standard InChI is InChI=1S/C15H13F2N/c1-15(2)11-7-9(16)3-5-13(11)18-14-6-4-10(17)8-12(14)15/h3-8,18H,1-2H3. The molecule has 92 valence electrons. The van der Waals surface area contributed by atoms with E-state index in [1.807, 2.05) is 13.8 Å². The van der Waals surface area contributed by atoms with Crippen LogP contribution in [-0.4, -0.2) is 0 Å². The Morgan fingerprint density at radius 3 is 1.72 bits per heavy atom. The van der Waals surface area contributed by atoms with Crippen molar-refractivity contribution < 1.29 is 8.78 Å². The van der Waals surface area contributed by atoms with E-state index in [2.05, 4.69) is 5.32 Å². The Morgan fingerprint density at radius 1 is 0.833 bits per heavy atom. The van der Waals surface area contributed by atoms with Crippen molar-refractivity contribution in [2.75, 3.05) is 5.32 Å². The second kappa shape index (κ2) is 3.55. The van der Waals surface area contributed by atoms with E-state index in [1.54, 1.807) is 12.1 Å². The summed E-state index contributed by atoms with van der Waals surface area (Å²) < 4.78 is 26.8. The van der Waals surface area contributed by atoms with Crippen LogP contribution in [-0.2, 0) is 5.41 Å². The lowest BCUT2D eigenvalue weighted by Crippen LogP contribution is -2.26. The van der Waals surface area contributed by atoms with Gasteiger partial charge in [-0.2, -0.15) is 0 Å². The van der Waals surface area contributed by atoms with Crippen molar-refractivity contribution in [3.63, 3.8) is 0 Å². The molecule has 1 aliphatic heterocycles. The van der Waals surface area contributed by atoms with Gasteiger partial charge in [-0.15, -0.1) is 0 Å². The number of rotatable bonds is 0. The summed E-state index contributed by atoms with van der Waals surface area (Å²) in [6, 6.07) is 9.32. The molecule has 0 saturated carbocycles. The van der Waals surface area contributed by atoms with Crippen molar-refractivity contribution in [1.82, 2.24) is 0 Å². The molecule has 1 aliphatic rings. The minimum Gasteiger partial charge on any atom is -0.355 e. The average Bonchev–Trinajstić information content (AvgIpc) is 2.32. The van der Waals surface area contributed by atoms with Crippen LogP contribution in [0.5, 0.6) is 0 Å². The molecule has 2 aromatic carbocycles. The van der Waals surface area contributed by atoms with Crippen molar-refractivity contribution in [3.05, 3.63) is 59.2 Å². The quantitative estimate of drug-likeness (QED) is 0.727. The zero-order valence-corrected chi connectivity index (χ0v) is 10.2. The van der Waals surface area contributed by atoms with E-state index in [0.29, 0.717) is 0 Å². The third kappa shape index (κ3) is 1.50. The minimum absolute atomic E-state index is 0.275. The van der Waals surface area contributed by atoms with Crippen LogP contribution in [0.25, 0.3) is 0 Å². The SMILES string of the molecule is CC1(C)c2cc(F)ccc2Nc2ccc(F)cc21. The Bertz CT molecular complexity index is 579. The van der Waals surface area contributed by atoms with Gasteiger partial charge in [-0.05, 0) is 47.5 Å². The van der Waals surface area contributed by atoms with Crippen LogP contribution in [0.15, 0.2) is 36.4 Å². The molecule has 3 heteroatoms. The van der Waals surface area contributed by atoms with Gasteiger partial charge in [0.25, 0.3) is 0 Å². The third-order valence-electron chi connectivity index (χ3n) is 3.58. The van der Waals surface area contributed by atoms with Gasteiger partial charge in [0, 0.05) is 16.8 Å². The van der Waals surface area contributed by atoms with Crippen LogP contribution in [0.3, 0.4) is 0 Å². The number of nitrogens with one attached hydrogen (secondary N) is 1. The van der Waals surface area contributed by atoms with E-state index in [0.717, 1.165) is 22.5 Å². The summed E-state index contributed by atoms with van der Waals surface area (Å²) in [6.45, 7) is 3.95. The predicted octanol–water partition coefficient (Wildman–Crippen LogP) is 4.35. The maximum absolute atomic E-state index is 13.4. The van der Waals surface area contributed by atoms with Gasteiger partial charge in [0.05, 0.1) is 0 Å². The summed E-state index contributed by atoms with van der Waals surface area (Å²) in [6.07, 6.45) is 0. The predicted molar refractivity (Wildman–Crippen MR) is 68.2 cm³/mol. The lowest BCUT2D eigenvalue weighted by atomic mass is 9.74. The van der Waals surface area contributed by atoms with E-state index >= 15 is 0 Å². The van der Waals surface area contributed by atoms with Crippen molar-refractivity contribution >= 4 is 11.4 Å². The average molecular weight is 245 g/mol. The molecule has 0 unspecified atom stereocenters. The summed E-state index contributed by atoms with van der Waals surface area (Å²) in [4.78, 5) is 0. The molecule has 3 rings (SSSR count). The van der Waals surface area contributed by atoms with Crippen LogP contribution in [0, 0.1) is 11.6 Å². The molecule has 0 aromatic heterocycles. The normalized spacial score (nSPS) is 15.6. The van der Waals surface area contributed by atoms with E-state index in [-0.39, 0.29) is 11.6 Å². The van der Waals surface area contributed by atoms with Gasteiger partial charge in [0.15, 0.2) is 0 Å². The molecule has 0 spiro atoms. The number of benzene rings is 2. The first-order valence-corrected chi connectivity index (χ1v) is 5.85. The monoisotopic (exact) mass is 245 g/mol. The van der Waals surface area contributed by atoms with Crippen molar-refractivity contribution in [2.24, 2.45) is 0 Å². The lowest BCUT2D eigenvalue weighted by molar-refractivity contribution is 0.587. The summed E-state index contributed by atoms with van der Waals surface area (Å²) in [7, 11) is 0. The molecule has 1 heterocycles. The maximum Gasteiger partial charge on any atom is 0.123 e. The minimum atomic E-state index is -0.417. The summed E-state index contributed by atoms with van der Waals surface area (Å²) >= 11 is 0. The van der Waals surface area contributed by atoms with Crippen LogP contribution in [0.1, 0.15) is 25.0 Å².